The van der Waals surface area contributed by atoms with Gasteiger partial charge in [-0.3, -0.25) is 9.35 Å². The average Bonchev–Trinajstić information content (AvgIpc) is 2.92. The quantitative estimate of drug-likeness (QED) is 0.0439. The molecule has 1 unspecified atom stereocenters. The number of carbonyl (C=O) groups is 1. The summed E-state index contributed by atoms with van der Waals surface area (Å²) in [5, 5.41) is -2.75. The second-order valence-corrected chi connectivity index (χ2v) is 12.5. The molecule has 0 radical (unpaired) electrons. The molecule has 0 amide bonds. The molecule has 0 aliphatic carbocycles. The topological polar surface area (TPSA) is 80.7 Å². The van der Waals surface area contributed by atoms with E-state index in [1.807, 2.05) is 0 Å². The molecule has 0 fully saturated rings. The maximum absolute atomic E-state index is 13.9. The zero-order chi connectivity index (χ0) is 36.3. The van der Waals surface area contributed by atoms with E-state index in [2.05, 4.69) is 11.7 Å². The van der Waals surface area contributed by atoms with Crippen molar-refractivity contribution in [2.24, 2.45) is 0 Å². The van der Waals surface area contributed by atoms with Crippen LogP contribution < -0.4 is 0 Å². The van der Waals surface area contributed by atoms with E-state index in [1.54, 1.807) is 0 Å². The number of hydrogen-bond donors (Lipinski definition) is 1. The Labute approximate surface area is 257 Å². The molecule has 20 heteroatoms. The minimum atomic E-state index is -8.25. The van der Waals surface area contributed by atoms with Crippen molar-refractivity contribution in [3.05, 3.63) is 0 Å². The van der Waals surface area contributed by atoms with Crippen LogP contribution in [0.3, 0.4) is 0 Å². The second kappa shape index (κ2) is 17.7. The van der Waals surface area contributed by atoms with E-state index in [1.165, 1.54) is 19.3 Å². The molecular weight excluding hydrogens is 690 g/mol. The zero-order valence-electron chi connectivity index (χ0n) is 24.7. The van der Waals surface area contributed by atoms with Gasteiger partial charge in [0, 0.05) is 0 Å². The van der Waals surface area contributed by atoms with Crippen LogP contribution in [0, 0.1) is 0 Å². The lowest BCUT2D eigenvalue weighted by atomic mass is 9.91. The van der Waals surface area contributed by atoms with E-state index in [9.17, 15) is 79.2 Å². The SMILES string of the molecule is CCCCCCCCCCCCCCCCC(C(=O)OCC(F)(F)C(F)(F)C(F)(F)C(F)(F)C(F)(F)C(F)(F)C(F)F)S(=O)(=O)O. The molecule has 0 aliphatic heterocycles. The number of esters is 1. The molecule has 1 N–H and O–H groups in total. The van der Waals surface area contributed by atoms with E-state index in [0.717, 1.165) is 44.9 Å². The summed E-state index contributed by atoms with van der Waals surface area (Å²) in [5.41, 5.74) is 0. The van der Waals surface area contributed by atoms with Gasteiger partial charge in [-0.05, 0) is 6.42 Å². The van der Waals surface area contributed by atoms with Crippen LogP contribution in [0.25, 0.3) is 0 Å². The van der Waals surface area contributed by atoms with Crippen molar-refractivity contribution in [2.45, 2.75) is 150 Å². The zero-order valence-corrected chi connectivity index (χ0v) is 25.6. The Morgan fingerprint density at radius 2 is 0.957 bits per heavy atom. The number of halogens is 14. The van der Waals surface area contributed by atoms with Crippen molar-refractivity contribution in [1.82, 2.24) is 0 Å². The summed E-state index contributed by atoms with van der Waals surface area (Å²) in [4.78, 5) is 12.0. The summed E-state index contributed by atoms with van der Waals surface area (Å²) in [6, 6.07) is 0. The van der Waals surface area contributed by atoms with Gasteiger partial charge in [-0.25, -0.2) is 8.78 Å². The van der Waals surface area contributed by atoms with Gasteiger partial charge in [0.25, 0.3) is 10.1 Å². The normalized spacial score (nSPS) is 15.0. The summed E-state index contributed by atoms with van der Waals surface area (Å²) < 4.78 is 223. The van der Waals surface area contributed by atoms with Crippen molar-refractivity contribution in [1.29, 1.82) is 0 Å². The molecule has 46 heavy (non-hydrogen) atoms. The molecule has 0 aromatic heterocycles. The fourth-order valence-corrected chi connectivity index (χ4v) is 5.00. The van der Waals surface area contributed by atoms with Gasteiger partial charge in [0.15, 0.2) is 11.9 Å². The maximum Gasteiger partial charge on any atom is 0.384 e. The van der Waals surface area contributed by atoms with Crippen molar-refractivity contribution >= 4 is 16.1 Å². The molecule has 0 aromatic carbocycles. The highest BCUT2D eigenvalue weighted by Gasteiger charge is 2.91. The van der Waals surface area contributed by atoms with Crippen molar-refractivity contribution < 1.29 is 84.0 Å². The van der Waals surface area contributed by atoms with Gasteiger partial charge in [0.2, 0.25) is 0 Å². The highest BCUT2D eigenvalue weighted by molar-refractivity contribution is 7.87. The van der Waals surface area contributed by atoms with E-state index in [4.69, 9.17) is 0 Å². The predicted octanol–water partition coefficient (Wildman–Crippen LogP) is 9.73. The molecule has 0 saturated carbocycles. The highest BCUT2D eigenvalue weighted by Crippen LogP contribution is 2.60. The number of rotatable bonds is 25. The maximum atomic E-state index is 13.9. The van der Waals surface area contributed by atoms with Crippen LogP contribution in [0.15, 0.2) is 0 Å². The number of carbonyl (C=O) groups excluding carboxylic acids is 1. The lowest BCUT2D eigenvalue weighted by molar-refractivity contribution is -0.434. The third-order valence-electron chi connectivity index (χ3n) is 7.17. The lowest BCUT2D eigenvalue weighted by Gasteiger charge is -2.40. The fraction of sp³-hybridized carbons (Fsp3) is 0.962. The van der Waals surface area contributed by atoms with Gasteiger partial charge in [-0.2, -0.15) is 61.1 Å². The molecule has 276 valence electrons. The summed E-state index contributed by atoms with van der Waals surface area (Å²) in [6.45, 7) is -1.28. The molecule has 0 spiro atoms. The first-order chi connectivity index (χ1) is 20.8. The summed E-state index contributed by atoms with van der Waals surface area (Å²) in [7, 11) is -5.51. The molecule has 0 aliphatic rings. The van der Waals surface area contributed by atoms with Crippen molar-refractivity contribution in [3.8, 4) is 0 Å². The van der Waals surface area contributed by atoms with Gasteiger partial charge in [0.1, 0.15) is 0 Å². The van der Waals surface area contributed by atoms with Gasteiger partial charge < -0.3 is 4.74 Å². The molecule has 0 bridgehead atoms. The van der Waals surface area contributed by atoms with E-state index >= 15 is 0 Å². The Hall–Kier alpha value is -1.60. The van der Waals surface area contributed by atoms with Crippen LogP contribution in [-0.2, 0) is 19.6 Å². The summed E-state index contributed by atoms with van der Waals surface area (Å²) in [5.74, 6) is -48.9. The van der Waals surface area contributed by atoms with E-state index < -0.39 is 76.3 Å². The van der Waals surface area contributed by atoms with Crippen molar-refractivity contribution in [2.75, 3.05) is 6.61 Å². The summed E-state index contributed by atoms with van der Waals surface area (Å²) in [6.07, 6.45) is 5.17. The third-order valence-corrected chi connectivity index (χ3v) is 8.32. The van der Waals surface area contributed by atoms with Crippen LogP contribution >= 0.6 is 0 Å². The Bertz CT molecular complexity index is 1020. The number of hydrogen-bond acceptors (Lipinski definition) is 4. The van der Waals surface area contributed by atoms with E-state index in [-0.39, 0.29) is 12.8 Å². The first-order valence-corrected chi connectivity index (χ1v) is 16.0. The molecule has 5 nitrogen and oxygen atoms in total. The van der Waals surface area contributed by atoms with Gasteiger partial charge in [-0.15, -0.1) is 0 Å². The molecular formula is C26H38F14O5S. The van der Waals surface area contributed by atoms with Crippen LogP contribution in [-0.4, -0.2) is 72.8 Å². The molecule has 1 atom stereocenters. The Morgan fingerprint density at radius 1 is 0.609 bits per heavy atom. The highest BCUT2D eigenvalue weighted by atomic mass is 32.2. The second-order valence-electron chi connectivity index (χ2n) is 10.9. The minimum absolute atomic E-state index is 0.193. The first kappa shape index (κ1) is 44.4. The average molecular weight is 729 g/mol. The number of ether oxygens (including phenoxy) is 1. The fourth-order valence-electron chi connectivity index (χ4n) is 4.23. The van der Waals surface area contributed by atoms with Crippen LogP contribution in [0.4, 0.5) is 61.5 Å². The smallest absolute Gasteiger partial charge is 0.384 e. The van der Waals surface area contributed by atoms with Crippen LogP contribution in [0.5, 0.6) is 0 Å². The third kappa shape index (κ3) is 11.0. The molecule has 0 heterocycles. The van der Waals surface area contributed by atoms with Crippen LogP contribution in [0.1, 0.15) is 103 Å². The van der Waals surface area contributed by atoms with Crippen molar-refractivity contribution in [3.63, 3.8) is 0 Å². The molecule has 0 aromatic rings. The Balaban J connectivity index is 5.15. The molecule has 0 saturated heterocycles. The number of unbranched alkanes of at least 4 members (excludes halogenated alkanes) is 13. The van der Waals surface area contributed by atoms with E-state index in [0.29, 0.717) is 12.8 Å². The largest absolute Gasteiger partial charge is 0.458 e. The van der Waals surface area contributed by atoms with Gasteiger partial charge >= 0.3 is 47.9 Å². The Morgan fingerprint density at radius 3 is 1.30 bits per heavy atom. The van der Waals surface area contributed by atoms with Gasteiger partial charge in [-0.1, -0.05) is 96.8 Å². The van der Waals surface area contributed by atoms with Crippen LogP contribution in [0.2, 0.25) is 0 Å². The first-order valence-electron chi connectivity index (χ1n) is 14.4. The minimum Gasteiger partial charge on any atom is -0.458 e. The monoisotopic (exact) mass is 728 g/mol. The lowest BCUT2D eigenvalue weighted by Crippen LogP contribution is -2.72. The standard InChI is InChI=1S/C26H38F14O5S/c1-2-3-4-5-6-7-8-9-10-11-12-13-14-15-16-18(46(42,43)44)19(41)45-17-21(29,30)23(33,34)25(37,38)26(39,40)24(35,36)22(31,32)20(27)28/h18,20H,2-17H2,1H3,(H,42,43,44). The summed E-state index contributed by atoms with van der Waals surface area (Å²) >= 11 is 0. The number of alkyl halides is 14. The van der Waals surface area contributed by atoms with Gasteiger partial charge in [0.05, 0.1) is 0 Å². The Kier molecular flexibility index (Phi) is 17.1. The predicted molar refractivity (Wildman–Crippen MR) is 137 cm³/mol. The molecule has 0 rings (SSSR count).